The van der Waals surface area contributed by atoms with Crippen molar-refractivity contribution in [1.29, 1.82) is 0 Å². The fourth-order valence-corrected chi connectivity index (χ4v) is 2.15. The Bertz CT molecular complexity index is 325. The summed E-state index contributed by atoms with van der Waals surface area (Å²) in [7, 11) is 0. The van der Waals surface area contributed by atoms with Crippen molar-refractivity contribution in [3.05, 3.63) is 12.2 Å². The lowest BCUT2D eigenvalue weighted by molar-refractivity contribution is -0.287. The molecule has 4 unspecified atom stereocenters. The van der Waals surface area contributed by atoms with Gasteiger partial charge in [-0.15, -0.1) is 0 Å². The second-order valence-corrected chi connectivity index (χ2v) is 4.73. The van der Waals surface area contributed by atoms with Crippen LogP contribution in [-0.4, -0.2) is 37.4 Å². The fraction of sp³-hybridized carbons (Fsp3) is 0.769. The van der Waals surface area contributed by atoms with Gasteiger partial charge in [0.1, 0.15) is 0 Å². The van der Waals surface area contributed by atoms with Gasteiger partial charge in [-0.2, -0.15) is 0 Å². The number of esters is 1. The van der Waals surface area contributed by atoms with Crippen LogP contribution < -0.4 is 0 Å². The lowest BCUT2D eigenvalue weighted by Gasteiger charge is -2.22. The molecule has 0 aromatic carbocycles. The number of hydrogen-bond acceptors (Lipinski definition) is 5. The monoisotopic (exact) mass is 256 g/mol. The first-order valence-corrected chi connectivity index (χ1v) is 6.41. The highest BCUT2D eigenvalue weighted by molar-refractivity contribution is 5.74. The Labute approximate surface area is 107 Å². The first-order chi connectivity index (χ1) is 8.60. The predicted octanol–water partition coefficient (Wildman–Crippen LogP) is 1.62. The van der Waals surface area contributed by atoms with Crippen LogP contribution in [-0.2, 0) is 23.7 Å². The van der Waals surface area contributed by atoms with E-state index in [1.54, 1.807) is 0 Å². The molecule has 2 aliphatic heterocycles. The van der Waals surface area contributed by atoms with Crippen molar-refractivity contribution in [2.24, 2.45) is 5.92 Å². The third-order valence-electron chi connectivity index (χ3n) is 2.93. The van der Waals surface area contributed by atoms with Crippen molar-refractivity contribution < 1.29 is 23.7 Å². The van der Waals surface area contributed by atoms with Crippen molar-refractivity contribution in [3.8, 4) is 0 Å². The predicted molar refractivity (Wildman–Crippen MR) is 63.6 cm³/mol. The Morgan fingerprint density at radius 2 is 2.22 bits per heavy atom. The molecule has 0 aromatic rings. The van der Waals surface area contributed by atoms with Crippen LogP contribution in [0.25, 0.3) is 0 Å². The highest BCUT2D eigenvalue weighted by Crippen LogP contribution is 2.34. The summed E-state index contributed by atoms with van der Waals surface area (Å²) in [6.45, 7) is 5.06. The topological polar surface area (TPSA) is 54.0 Å². The molecule has 1 saturated heterocycles. The molecule has 4 atom stereocenters. The van der Waals surface area contributed by atoms with Gasteiger partial charge in [0.15, 0.2) is 0 Å². The number of fused-ring (bicyclic) bond motifs is 2. The smallest absolute Gasteiger partial charge is 0.318 e. The molecule has 0 aromatic heterocycles. The van der Waals surface area contributed by atoms with Crippen LogP contribution in [0.2, 0.25) is 0 Å². The summed E-state index contributed by atoms with van der Waals surface area (Å²) >= 11 is 0. The molecule has 0 spiro atoms. The summed E-state index contributed by atoms with van der Waals surface area (Å²) in [5.41, 5.74) is 0. The largest absolute Gasteiger partial charge is 0.410 e. The highest BCUT2D eigenvalue weighted by atomic mass is 16.9. The molecule has 0 saturated carbocycles. The van der Waals surface area contributed by atoms with Crippen molar-refractivity contribution in [2.45, 2.75) is 52.0 Å². The van der Waals surface area contributed by atoms with E-state index in [-0.39, 0.29) is 30.2 Å². The lowest BCUT2D eigenvalue weighted by Crippen LogP contribution is -2.33. The molecule has 0 aliphatic carbocycles. The average molecular weight is 256 g/mol. The fourth-order valence-electron chi connectivity index (χ4n) is 2.15. The second-order valence-electron chi connectivity index (χ2n) is 4.73. The Morgan fingerprint density at radius 3 is 2.72 bits per heavy atom. The summed E-state index contributed by atoms with van der Waals surface area (Å²) in [4.78, 5) is 12.0. The Kier molecular flexibility index (Phi) is 4.37. The number of carbonyl (C=O) groups is 1. The van der Waals surface area contributed by atoms with Gasteiger partial charge < -0.3 is 18.9 Å². The standard InChI is InChI=1S/C13H20O5/c1-4-15-13(16-8(2)3)18-12(14)10-7-9-5-6-11(10)17-9/h5-6,8-11,13H,4,7H2,1-3H3. The molecule has 2 bridgehead atoms. The van der Waals surface area contributed by atoms with Crippen LogP contribution in [0, 0.1) is 5.92 Å². The number of carbonyl (C=O) groups excluding carboxylic acids is 1. The minimum absolute atomic E-state index is 0.0594. The van der Waals surface area contributed by atoms with Crippen LogP contribution in [0.4, 0.5) is 0 Å². The Hall–Kier alpha value is -0.910. The maximum Gasteiger partial charge on any atom is 0.318 e. The van der Waals surface area contributed by atoms with Crippen LogP contribution >= 0.6 is 0 Å². The SMILES string of the molecule is CCOC(OC(=O)C1CC2C=CC1O2)OC(C)C. The van der Waals surface area contributed by atoms with E-state index in [1.165, 1.54) is 0 Å². The maximum absolute atomic E-state index is 12.0. The van der Waals surface area contributed by atoms with Gasteiger partial charge in [-0.25, -0.2) is 0 Å². The van der Waals surface area contributed by atoms with Crippen LogP contribution in [0.5, 0.6) is 0 Å². The molecule has 5 nitrogen and oxygen atoms in total. The van der Waals surface area contributed by atoms with E-state index in [1.807, 2.05) is 32.9 Å². The molecule has 18 heavy (non-hydrogen) atoms. The number of ether oxygens (including phenoxy) is 4. The number of rotatable bonds is 6. The molecular weight excluding hydrogens is 236 g/mol. The lowest BCUT2D eigenvalue weighted by atomic mass is 9.95. The van der Waals surface area contributed by atoms with Gasteiger partial charge in [0.05, 0.1) is 30.8 Å². The van der Waals surface area contributed by atoms with Crippen LogP contribution in [0.3, 0.4) is 0 Å². The van der Waals surface area contributed by atoms with Gasteiger partial charge in [0.2, 0.25) is 0 Å². The minimum atomic E-state index is -0.925. The van der Waals surface area contributed by atoms with E-state index in [4.69, 9.17) is 18.9 Å². The quantitative estimate of drug-likeness (QED) is 0.410. The molecule has 0 amide bonds. The Balaban J connectivity index is 1.86. The Morgan fingerprint density at radius 1 is 1.44 bits per heavy atom. The molecule has 1 fully saturated rings. The summed E-state index contributed by atoms with van der Waals surface area (Å²) in [6.07, 6.45) is 4.43. The average Bonchev–Trinajstić information content (AvgIpc) is 2.89. The van der Waals surface area contributed by atoms with E-state index < -0.39 is 6.48 Å². The normalized spacial score (nSPS) is 31.0. The molecular formula is C13H20O5. The molecule has 0 N–H and O–H groups in total. The summed E-state index contributed by atoms with van der Waals surface area (Å²) in [6, 6.07) is 0. The highest BCUT2D eigenvalue weighted by Gasteiger charge is 2.42. The van der Waals surface area contributed by atoms with Gasteiger partial charge in [0.25, 0.3) is 0 Å². The van der Waals surface area contributed by atoms with E-state index >= 15 is 0 Å². The van der Waals surface area contributed by atoms with Gasteiger partial charge in [-0.3, -0.25) is 4.79 Å². The van der Waals surface area contributed by atoms with E-state index in [2.05, 4.69) is 0 Å². The molecule has 2 aliphatic rings. The third kappa shape index (κ3) is 3.10. The summed E-state index contributed by atoms with van der Waals surface area (Å²) in [5, 5.41) is 0. The van der Waals surface area contributed by atoms with Gasteiger partial charge in [-0.1, -0.05) is 12.2 Å². The first-order valence-electron chi connectivity index (χ1n) is 6.41. The molecule has 2 rings (SSSR count). The van der Waals surface area contributed by atoms with Crippen molar-refractivity contribution in [2.75, 3.05) is 6.61 Å². The third-order valence-corrected chi connectivity index (χ3v) is 2.93. The van der Waals surface area contributed by atoms with Crippen molar-refractivity contribution in [1.82, 2.24) is 0 Å². The zero-order chi connectivity index (χ0) is 13.1. The summed E-state index contributed by atoms with van der Waals surface area (Å²) < 4.78 is 21.4. The van der Waals surface area contributed by atoms with Crippen molar-refractivity contribution >= 4 is 5.97 Å². The zero-order valence-electron chi connectivity index (χ0n) is 11.0. The second kappa shape index (κ2) is 5.82. The van der Waals surface area contributed by atoms with Crippen LogP contribution in [0.15, 0.2) is 12.2 Å². The van der Waals surface area contributed by atoms with E-state index in [0.717, 1.165) is 0 Å². The number of hydrogen-bond donors (Lipinski definition) is 0. The molecule has 5 heteroatoms. The molecule has 0 radical (unpaired) electrons. The van der Waals surface area contributed by atoms with Crippen molar-refractivity contribution in [3.63, 3.8) is 0 Å². The van der Waals surface area contributed by atoms with E-state index in [9.17, 15) is 4.79 Å². The maximum atomic E-state index is 12.0. The van der Waals surface area contributed by atoms with Gasteiger partial charge in [-0.05, 0) is 27.2 Å². The van der Waals surface area contributed by atoms with Crippen LogP contribution in [0.1, 0.15) is 27.2 Å². The molecule has 2 heterocycles. The minimum Gasteiger partial charge on any atom is -0.410 e. The first kappa shape index (κ1) is 13.5. The van der Waals surface area contributed by atoms with Gasteiger partial charge in [0, 0.05) is 0 Å². The van der Waals surface area contributed by atoms with E-state index in [0.29, 0.717) is 13.0 Å². The summed E-state index contributed by atoms with van der Waals surface area (Å²) in [5.74, 6) is -0.551. The zero-order valence-corrected chi connectivity index (χ0v) is 11.0. The van der Waals surface area contributed by atoms with Gasteiger partial charge >= 0.3 is 12.4 Å². The molecule has 102 valence electrons.